The molecule has 2 heterocycles. The van der Waals surface area contributed by atoms with Crippen molar-refractivity contribution in [3.8, 4) is 0 Å². The van der Waals surface area contributed by atoms with Crippen molar-refractivity contribution in [3.63, 3.8) is 0 Å². The smallest absolute Gasteiger partial charge is 0.130 e. The van der Waals surface area contributed by atoms with Crippen LogP contribution in [0.2, 0.25) is 5.02 Å². The van der Waals surface area contributed by atoms with E-state index in [1.165, 1.54) is 30.6 Å². The standard InChI is InChI=1S/C15H18ClN3/c1-15(7-2-8-17-15)14-18-12-6-3-10(16)9-13(12)19(14)11-4-5-11/h3,6,9,11,17H,2,4-5,7-8H2,1H3. The first kappa shape index (κ1) is 11.7. The number of halogens is 1. The van der Waals surface area contributed by atoms with E-state index < -0.39 is 0 Å². The van der Waals surface area contributed by atoms with E-state index in [1.807, 2.05) is 12.1 Å². The summed E-state index contributed by atoms with van der Waals surface area (Å²) in [6.45, 7) is 3.37. The van der Waals surface area contributed by atoms with Crippen molar-refractivity contribution in [1.29, 1.82) is 0 Å². The summed E-state index contributed by atoms with van der Waals surface area (Å²) in [6, 6.07) is 6.66. The third-order valence-corrected chi connectivity index (χ3v) is 4.66. The van der Waals surface area contributed by atoms with Crippen molar-refractivity contribution in [3.05, 3.63) is 29.0 Å². The Balaban J connectivity index is 1.96. The van der Waals surface area contributed by atoms with E-state index in [0.29, 0.717) is 6.04 Å². The number of hydrogen-bond donors (Lipinski definition) is 1. The maximum atomic E-state index is 6.16. The number of fused-ring (bicyclic) bond motifs is 1. The minimum atomic E-state index is 0.0219. The second-order valence-electron chi connectivity index (χ2n) is 6.03. The fourth-order valence-corrected chi connectivity index (χ4v) is 3.41. The van der Waals surface area contributed by atoms with Crippen molar-refractivity contribution in [2.24, 2.45) is 0 Å². The molecule has 3 nitrogen and oxygen atoms in total. The predicted octanol–water partition coefficient (Wildman–Crippen LogP) is 3.62. The van der Waals surface area contributed by atoms with Crippen LogP contribution < -0.4 is 5.32 Å². The third-order valence-electron chi connectivity index (χ3n) is 4.43. The molecule has 1 saturated heterocycles. The molecule has 4 rings (SSSR count). The van der Waals surface area contributed by atoms with Crippen LogP contribution in [-0.2, 0) is 5.54 Å². The van der Waals surface area contributed by atoms with Gasteiger partial charge in [0.25, 0.3) is 0 Å². The summed E-state index contributed by atoms with van der Waals surface area (Å²) < 4.78 is 2.43. The molecule has 2 aromatic rings. The summed E-state index contributed by atoms with van der Waals surface area (Å²) in [5, 5.41) is 4.43. The Morgan fingerprint density at radius 1 is 1.42 bits per heavy atom. The molecule has 1 aromatic heterocycles. The molecular weight excluding hydrogens is 258 g/mol. The molecule has 1 aliphatic heterocycles. The molecule has 1 unspecified atom stereocenters. The van der Waals surface area contributed by atoms with Gasteiger partial charge in [-0.3, -0.25) is 0 Å². The minimum Gasteiger partial charge on any atom is -0.323 e. The lowest BCUT2D eigenvalue weighted by atomic mass is 9.99. The number of nitrogens with zero attached hydrogens (tertiary/aromatic N) is 2. The van der Waals surface area contributed by atoms with Crippen LogP contribution in [-0.4, -0.2) is 16.1 Å². The average Bonchev–Trinajstić information content (AvgIpc) is 3.01. The Kier molecular flexibility index (Phi) is 2.45. The largest absolute Gasteiger partial charge is 0.323 e. The van der Waals surface area contributed by atoms with Crippen LogP contribution >= 0.6 is 11.6 Å². The number of imidazole rings is 1. The van der Waals surface area contributed by atoms with Crippen LogP contribution in [0.4, 0.5) is 0 Å². The number of aromatic nitrogens is 2. The van der Waals surface area contributed by atoms with Crippen LogP contribution in [0.5, 0.6) is 0 Å². The minimum absolute atomic E-state index is 0.0219. The van der Waals surface area contributed by atoms with Gasteiger partial charge in [-0.25, -0.2) is 4.98 Å². The highest BCUT2D eigenvalue weighted by atomic mass is 35.5. The fraction of sp³-hybridized carbons (Fsp3) is 0.533. The Morgan fingerprint density at radius 3 is 2.95 bits per heavy atom. The highest BCUT2D eigenvalue weighted by Crippen LogP contribution is 2.43. The van der Waals surface area contributed by atoms with E-state index in [0.717, 1.165) is 23.5 Å². The molecule has 19 heavy (non-hydrogen) atoms. The Morgan fingerprint density at radius 2 is 2.26 bits per heavy atom. The average molecular weight is 276 g/mol. The van der Waals surface area contributed by atoms with Crippen molar-refractivity contribution in [2.45, 2.75) is 44.2 Å². The molecular formula is C15H18ClN3. The van der Waals surface area contributed by atoms with Gasteiger partial charge in [0.05, 0.1) is 16.6 Å². The van der Waals surface area contributed by atoms with Gasteiger partial charge in [-0.05, 0) is 57.4 Å². The topological polar surface area (TPSA) is 29.9 Å². The van der Waals surface area contributed by atoms with Crippen molar-refractivity contribution in [2.75, 3.05) is 6.54 Å². The maximum Gasteiger partial charge on any atom is 0.130 e. The van der Waals surface area contributed by atoms with Gasteiger partial charge in [0.2, 0.25) is 0 Å². The second-order valence-corrected chi connectivity index (χ2v) is 6.47. The molecule has 1 atom stereocenters. The second kappa shape index (κ2) is 3.97. The van der Waals surface area contributed by atoms with E-state index in [-0.39, 0.29) is 5.54 Å². The molecule has 100 valence electrons. The summed E-state index contributed by atoms with van der Waals surface area (Å²) in [4.78, 5) is 4.91. The van der Waals surface area contributed by atoms with Crippen LogP contribution in [0.3, 0.4) is 0 Å². The Labute approximate surface area is 118 Å². The fourth-order valence-electron chi connectivity index (χ4n) is 3.24. The number of benzene rings is 1. The van der Waals surface area contributed by atoms with Gasteiger partial charge < -0.3 is 9.88 Å². The summed E-state index contributed by atoms with van der Waals surface area (Å²) >= 11 is 6.16. The van der Waals surface area contributed by atoms with Crippen LogP contribution in [0.1, 0.15) is 44.5 Å². The third kappa shape index (κ3) is 1.79. The molecule has 4 heteroatoms. The highest BCUT2D eigenvalue weighted by Gasteiger charge is 2.38. The number of nitrogens with one attached hydrogen (secondary N) is 1. The molecule has 1 N–H and O–H groups in total. The van der Waals surface area contributed by atoms with Crippen LogP contribution in [0.25, 0.3) is 11.0 Å². The zero-order valence-electron chi connectivity index (χ0n) is 11.1. The normalized spacial score (nSPS) is 27.3. The van der Waals surface area contributed by atoms with E-state index in [4.69, 9.17) is 16.6 Å². The van der Waals surface area contributed by atoms with Gasteiger partial charge in [-0.1, -0.05) is 11.6 Å². The van der Waals surface area contributed by atoms with Gasteiger partial charge in [-0.2, -0.15) is 0 Å². The zero-order valence-corrected chi connectivity index (χ0v) is 11.9. The van der Waals surface area contributed by atoms with Crippen LogP contribution in [0, 0.1) is 0 Å². The molecule has 1 saturated carbocycles. The van der Waals surface area contributed by atoms with Gasteiger partial charge in [0.15, 0.2) is 0 Å². The number of hydrogen-bond acceptors (Lipinski definition) is 2. The lowest BCUT2D eigenvalue weighted by molar-refractivity contribution is 0.389. The van der Waals surface area contributed by atoms with Gasteiger partial charge in [-0.15, -0.1) is 0 Å². The predicted molar refractivity (Wildman–Crippen MR) is 77.6 cm³/mol. The first-order valence-corrected chi connectivity index (χ1v) is 7.48. The Hall–Kier alpha value is -1.06. The van der Waals surface area contributed by atoms with Gasteiger partial charge in [0, 0.05) is 11.1 Å². The van der Waals surface area contributed by atoms with E-state index in [9.17, 15) is 0 Å². The number of rotatable bonds is 2. The molecule has 1 aliphatic carbocycles. The monoisotopic (exact) mass is 275 g/mol. The van der Waals surface area contributed by atoms with E-state index >= 15 is 0 Å². The van der Waals surface area contributed by atoms with E-state index in [2.05, 4.69) is 22.9 Å². The lowest BCUT2D eigenvalue weighted by Crippen LogP contribution is -2.36. The summed E-state index contributed by atoms with van der Waals surface area (Å²) in [7, 11) is 0. The molecule has 0 amide bonds. The molecule has 0 radical (unpaired) electrons. The lowest BCUT2D eigenvalue weighted by Gasteiger charge is -2.25. The molecule has 2 aliphatic rings. The van der Waals surface area contributed by atoms with Crippen molar-refractivity contribution >= 4 is 22.6 Å². The van der Waals surface area contributed by atoms with Crippen molar-refractivity contribution in [1.82, 2.24) is 14.9 Å². The summed E-state index contributed by atoms with van der Waals surface area (Å²) in [5.74, 6) is 1.20. The van der Waals surface area contributed by atoms with E-state index in [1.54, 1.807) is 0 Å². The quantitative estimate of drug-likeness (QED) is 0.907. The first-order valence-electron chi connectivity index (χ1n) is 7.10. The maximum absolute atomic E-state index is 6.16. The highest BCUT2D eigenvalue weighted by molar-refractivity contribution is 6.31. The van der Waals surface area contributed by atoms with Crippen LogP contribution in [0.15, 0.2) is 18.2 Å². The molecule has 1 aromatic carbocycles. The molecule has 0 bridgehead atoms. The molecule has 2 fully saturated rings. The Bertz CT molecular complexity index is 636. The summed E-state index contributed by atoms with van der Waals surface area (Å²) in [6.07, 6.45) is 4.92. The van der Waals surface area contributed by atoms with Gasteiger partial charge in [0.1, 0.15) is 5.82 Å². The van der Waals surface area contributed by atoms with Crippen molar-refractivity contribution < 1.29 is 0 Å². The zero-order chi connectivity index (χ0) is 13.0. The molecule has 0 spiro atoms. The van der Waals surface area contributed by atoms with Gasteiger partial charge >= 0.3 is 0 Å². The first-order chi connectivity index (χ1) is 9.17. The summed E-state index contributed by atoms with van der Waals surface area (Å²) in [5.41, 5.74) is 2.29. The SMILES string of the molecule is CC1(c2nc3ccc(Cl)cc3n2C2CC2)CCCN1.